The van der Waals surface area contributed by atoms with Crippen LogP contribution < -0.4 is 5.32 Å². The van der Waals surface area contributed by atoms with Crippen molar-refractivity contribution in [3.8, 4) is 0 Å². The minimum Gasteiger partial charge on any atom is -0.377 e. The lowest BCUT2D eigenvalue weighted by atomic mass is 10.1. The summed E-state index contributed by atoms with van der Waals surface area (Å²) in [6.07, 6.45) is 0.365. The van der Waals surface area contributed by atoms with Gasteiger partial charge in [-0.2, -0.15) is 0 Å². The van der Waals surface area contributed by atoms with Gasteiger partial charge in [0.2, 0.25) is 0 Å². The molecule has 0 radical (unpaired) electrons. The van der Waals surface area contributed by atoms with Gasteiger partial charge in [-0.1, -0.05) is 27.7 Å². The summed E-state index contributed by atoms with van der Waals surface area (Å²) < 4.78 is 5.62. The van der Waals surface area contributed by atoms with Crippen molar-refractivity contribution in [2.75, 3.05) is 19.7 Å². The largest absolute Gasteiger partial charge is 0.377 e. The van der Waals surface area contributed by atoms with Crippen LogP contribution in [0.2, 0.25) is 0 Å². The zero-order chi connectivity index (χ0) is 10.3. The highest BCUT2D eigenvalue weighted by Gasteiger charge is 2.12. The molecule has 13 heavy (non-hydrogen) atoms. The maximum Gasteiger partial charge on any atom is 0.0722 e. The number of rotatable bonds is 7. The number of nitrogens with one attached hydrogen (secondary N) is 1. The van der Waals surface area contributed by atoms with Crippen LogP contribution >= 0.6 is 0 Å². The second kappa shape index (κ2) is 7.34. The Morgan fingerprint density at radius 2 is 1.69 bits per heavy atom. The topological polar surface area (TPSA) is 21.3 Å². The summed E-state index contributed by atoms with van der Waals surface area (Å²) in [5, 5.41) is 3.43. The summed E-state index contributed by atoms with van der Waals surface area (Å²) in [4.78, 5) is 0. The molecule has 0 aromatic heterocycles. The van der Waals surface area contributed by atoms with Gasteiger partial charge in [0.1, 0.15) is 0 Å². The molecule has 80 valence electrons. The molecule has 1 N–H and O–H groups in total. The molecule has 0 amide bonds. The summed E-state index contributed by atoms with van der Waals surface area (Å²) in [5.41, 5.74) is 0. The molecule has 1 unspecified atom stereocenters. The average Bonchev–Trinajstić information content (AvgIpc) is 2.02. The van der Waals surface area contributed by atoms with Crippen LogP contribution in [0.5, 0.6) is 0 Å². The van der Waals surface area contributed by atoms with Gasteiger partial charge in [-0.15, -0.1) is 0 Å². The van der Waals surface area contributed by atoms with Crippen LogP contribution in [0.15, 0.2) is 0 Å². The number of hydrogen-bond donors (Lipinski definition) is 1. The Morgan fingerprint density at radius 3 is 2.08 bits per heavy atom. The summed E-state index contributed by atoms with van der Waals surface area (Å²) in [6.45, 7) is 13.8. The highest BCUT2D eigenvalue weighted by molar-refractivity contribution is 4.66. The third kappa shape index (κ3) is 7.03. The predicted molar refractivity (Wildman–Crippen MR) is 58.0 cm³/mol. The lowest BCUT2D eigenvalue weighted by molar-refractivity contribution is 0.0308. The van der Waals surface area contributed by atoms with Gasteiger partial charge < -0.3 is 10.1 Å². The fourth-order valence-electron chi connectivity index (χ4n) is 1.22. The molecule has 0 fully saturated rings. The molecule has 0 aliphatic carbocycles. The zero-order valence-corrected chi connectivity index (χ0v) is 9.76. The van der Waals surface area contributed by atoms with Gasteiger partial charge in [-0.3, -0.25) is 0 Å². The second-order valence-electron chi connectivity index (χ2n) is 4.29. The van der Waals surface area contributed by atoms with E-state index in [2.05, 4.69) is 39.9 Å². The smallest absolute Gasteiger partial charge is 0.0722 e. The number of ether oxygens (including phenoxy) is 1. The first-order valence-electron chi connectivity index (χ1n) is 5.40. The standard InChI is InChI=1S/C11H25NO/c1-6-13-11(10(4)5)8-12-7-9(2)3/h9-12H,6-8H2,1-5H3. The SMILES string of the molecule is CCOC(CNCC(C)C)C(C)C. The van der Waals surface area contributed by atoms with E-state index in [1.165, 1.54) is 0 Å². The van der Waals surface area contributed by atoms with Crippen LogP contribution in [-0.4, -0.2) is 25.8 Å². The van der Waals surface area contributed by atoms with Gasteiger partial charge in [0.05, 0.1) is 6.10 Å². The Hall–Kier alpha value is -0.0800. The Bertz CT molecular complexity index is 113. The molecule has 0 aliphatic rings. The van der Waals surface area contributed by atoms with Crippen LogP contribution in [-0.2, 0) is 4.74 Å². The van der Waals surface area contributed by atoms with Crippen molar-refractivity contribution >= 4 is 0 Å². The molecule has 0 saturated carbocycles. The highest BCUT2D eigenvalue weighted by Crippen LogP contribution is 2.05. The Labute approximate surface area is 83.1 Å². The molecule has 2 heteroatoms. The molecular formula is C11H25NO. The summed E-state index contributed by atoms with van der Waals surface area (Å²) >= 11 is 0. The first kappa shape index (κ1) is 12.9. The van der Waals surface area contributed by atoms with Gasteiger partial charge in [0.25, 0.3) is 0 Å². The molecule has 0 aromatic rings. The fourth-order valence-corrected chi connectivity index (χ4v) is 1.22. The third-order valence-electron chi connectivity index (χ3n) is 2.02. The average molecular weight is 187 g/mol. The van der Waals surface area contributed by atoms with Crippen molar-refractivity contribution < 1.29 is 4.74 Å². The number of hydrogen-bond acceptors (Lipinski definition) is 2. The molecule has 0 saturated heterocycles. The molecule has 0 aliphatic heterocycles. The Kier molecular flexibility index (Phi) is 7.29. The van der Waals surface area contributed by atoms with Gasteiger partial charge in [-0.05, 0) is 25.3 Å². The van der Waals surface area contributed by atoms with Crippen molar-refractivity contribution in [1.82, 2.24) is 5.32 Å². The van der Waals surface area contributed by atoms with E-state index in [0.29, 0.717) is 12.0 Å². The fraction of sp³-hybridized carbons (Fsp3) is 1.00. The third-order valence-corrected chi connectivity index (χ3v) is 2.02. The van der Waals surface area contributed by atoms with Crippen molar-refractivity contribution in [2.45, 2.75) is 40.7 Å². The summed E-state index contributed by atoms with van der Waals surface area (Å²) in [7, 11) is 0. The van der Waals surface area contributed by atoms with E-state index in [-0.39, 0.29) is 0 Å². The van der Waals surface area contributed by atoms with E-state index in [1.807, 2.05) is 0 Å². The van der Waals surface area contributed by atoms with E-state index >= 15 is 0 Å². The predicted octanol–water partition coefficient (Wildman–Crippen LogP) is 2.29. The molecule has 0 bridgehead atoms. The Balaban J connectivity index is 3.57. The van der Waals surface area contributed by atoms with Crippen LogP contribution in [0.1, 0.15) is 34.6 Å². The summed E-state index contributed by atoms with van der Waals surface area (Å²) in [5.74, 6) is 1.31. The maximum atomic E-state index is 5.62. The minimum atomic E-state index is 0.365. The second-order valence-corrected chi connectivity index (χ2v) is 4.29. The van der Waals surface area contributed by atoms with E-state index in [4.69, 9.17) is 4.74 Å². The van der Waals surface area contributed by atoms with Crippen molar-refractivity contribution in [2.24, 2.45) is 11.8 Å². The molecule has 1 atom stereocenters. The first-order valence-corrected chi connectivity index (χ1v) is 5.40. The van der Waals surface area contributed by atoms with E-state index in [9.17, 15) is 0 Å². The van der Waals surface area contributed by atoms with Crippen molar-refractivity contribution in [3.05, 3.63) is 0 Å². The monoisotopic (exact) mass is 187 g/mol. The molecule has 0 spiro atoms. The molecule has 0 aromatic carbocycles. The quantitative estimate of drug-likeness (QED) is 0.660. The molecular weight excluding hydrogens is 162 g/mol. The Morgan fingerprint density at radius 1 is 1.08 bits per heavy atom. The lowest BCUT2D eigenvalue weighted by Crippen LogP contribution is -2.34. The van der Waals surface area contributed by atoms with Gasteiger partial charge in [-0.25, -0.2) is 0 Å². The van der Waals surface area contributed by atoms with E-state index in [0.717, 1.165) is 25.6 Å². The van der Waals surface area contributed by atoms with E-state index < -0.39 is 0 Å². The lowest BCUT2D eigenvalue weighted by Gasteiger charge is -2.21. The van der Waals surface area contributed by atoms with Crippen LogP contribution in [0, 0.1) is 11.8 Å². The van der Waals surface area contributed by atoms with Gasteiger partial charge >= 0.3 is 0 Å². The first-order chi connectivity index (χ1) is 6.07. The maximum absolute atomic E-state index is 5.62. The normalized spacial score (nSPS) is 14.1. The minimum absolute atomic E-state index is 0.365. The van der Waals surface area contributed by atoms with Crippen molar-refractivity contribution in [1.29, 1.82) is 0 Å². The highest BCUT2D eigenvalue weighted by atomic mass is 16.5. The molecule has 0 heterocycles. The summed E-state index contributed by atoms with van der Waals surface area (Å²) in [6, 6.07) is 0. The van der Waals surface area contributed by atoms with Crippen LogP contribution in [0.3, 0.4) is 0 Å². The molecule has 0 rings (SSSR count). The zero-order valence-electron chi connectivity index (χ0n) is 9.76. The van der Waals surface area contributed by atoms with Gasteiger partial charge in [0, 0.05) is 13.2 Å². The van der Waals surface area contributed by atoms with Crippen LogP contribution in [0.4, 0.5) is 0 Å². The molecule has 2 nitrogen and oxygen atoms in total. The van der Waals surface area contributed by atoms with E-state index in [1.54, 1.807) is 0 Å². The van der Waals surface area contributed by atoms with Crippen LogP contribution in [0.25, 0.3) is 0 Å². The van der Waals surface area contributed by atoms with Crippen molar-refractivity contribution in [3.63, 3.8) is 0 Å². The van der Waals surface area contributed by atoms with Gasteiger partial charge in [0.15, 0.2) is 0 Å².